The van der Waals surface area contributed by atoms with E-state index in [-0.39, 0.29) is 35.8 Å². The number of primary amides is 1. The van der Waals surface area contributed by atoms with Gasteiger partial charge in [-0.2, -0.15) is 0 Å². The van der Waals surface area contributed by atoms with Crippen molar-refractivity contribution in [2.75, 3.05) is 48.0 Å². The van der Waals surface area contributed by atoms with E-state index in [1.165, 1.54) is 18.1 Å². The van der Waals surface area contributed by atoms with E-state index in [0.717, 1.165) is 0 Å². The third-order valence-electron chi connectivity index (χ3n) is 8.66. The Hall–Kier alpha value is -3.45. The Morgan fingerprint density at radius 1 is 1.26 bits per heavy atom. The first-order chi connectivity index (χ1) is 18.4. The van der Waals surface area contributed by atoms with E-state index in [9.17, 15) is 34.8 Å². The zero-order valence-electron chi connectivity index (χ0n) is 22.2. The highest BCUT2D eigenvalue weighted by molar-refractivity contribution is 6.24. The average Bonchev–Trinajstić information content (AvgIpc) is 2.86. The number of nitrogens with zero attached hydrogens (tertiary/aromatic N) is 2. The van der Waals surface area contributed by atoms with Crippen LogP contribution in [-0.2, 0) is 20.7 Å². The molecule has 1 amide bonds. The lowest BCUT2D eigenvalue weighted by Gasteiger charge is -2.50. The fourth-order valence-corrected chi connectivity index (χ4v) is 6.83. The molecular formula is C27H33N3O9. The number of methoxy groups -OCH3 is 1. The third-order valence-corrected chi connectivity index (χ3v) is 8.66. The van der Waals surface area contributed by atoms with Crippen LogP contribution in [0.1, 0.15) is 33.9 Å². The number of ether oxygens (including phenoxy) is 2. The van der Waals surface area contributed by atoms with Gasteiger partial charge in [0.2, 0.25) is 5.78 Å². The van der Waals surface area contributed by atoms with Crippen LogP contribution in [-0.4, -0.2) is 107 Å². The number of fused-ring (bicyclic) bond motifs is 3. The number of phenolic OH excluding ortho intramolecular Hbond substituents is 1. The molecule has 1 aromatic rings. The molecule has 4 aliphatic rings. The number of aliphatic hydroxyl groups excluding tert-OH is 2. The van der Waals surface area contributed by atoms with Crippen LogP contribution in [0.4, 0.5) is 0 Å². The summed E-state index contributed by atoms with van der Waals surface area (Å²) in [7, 11) is 6.58. The third kappa shape index (κ3) is 3.69. The number of hydrogen-bond acceptors (Lipinski definition) is 11. The molecule has 5 atom stereocenters. The Morgan fingerprint density at radius 2 is 1.95 bits per heavy atom. The van der Waals surface area contributed by atoms with Crippen molar-refractivity contribution in [1.29, 1.82) is 0 Å². The van der Waals surface area contributed by atoms with Gasteiger partial charge < -0.3 is 35.6 Å². The fraction of sp³-hybridized carbons (Fsp3) is 0.519. The molecule has 3 aliphatic carbocycles. The van der Waals surface area contributed by atoms with Crippen LogP contribution < -0.4 is 10.5 Å². The number of likely N-dealkylation sites (N-methyl/N-ethyl adjacent to an activating group) is 2. The number of ketones is 2. The van der Waals surface area contributed by atoms with Gasteiger partial charge in [-0.1, -0.05) is 0 Å². The second-order valence-electron chi connectivity index (χ2n) is 10.9. The molecule has 12 nitrogen and oxygen atoms in total. The quantitative estimate of drug-likeness (QED) is 0.325. The number of aromatic hydroxyl groups is 1. The molecule has 1 heterocycles. The summed E-state index contributed by atoms with van der Waals surface area (Å²) in [5.74, 6) is -6.47. The summed E-state index contributed by atoms with van der Waals surface area (Å²) in [5, 5.41) is 45.0. The van der Waals surface area contributed by atoms with E-state index in [1.807, 2.05) is 7.05 Å². The number of phenols is 1. The largest absolute Gasteiger partial charge is 0.510 e. The van der Waals surface area contributed by atoms with Crippen molar-refractivity contribution < 1.29 is 44.3 Å². The maximum atomic E-state index is 13.9. The highest BCUT2D eigenvalue weighted by atomic mass is 16.5. The lowest BCUT2D eigenvalue weighted by atomic mass is 9.58. The number of morpholine rings is 1. The van der Waals surface area contributed by atoms with Crippen LogP contribution in [0.5, 0.6) is 11.5 Å². The Bertz CT molecular complexity index is 1350. The van der Waals surface area contributed by atoms with E-state index >= 15 is 0 Å². The SMILES string of the molecule is COc1c(C2COCCN2C)cc(O)c2c1C[C@H]1C[C@H]3[C@H](N(C)C)C(O)=C(C(N)=O)C(=O)[C@@]3(O)C(O)=C1C2=O. The summed E-state index contributed by atoms with van der Waals surface area (Å²) in [5.41, 5.74) is 2.66. The molecule has 6 N–H and O–H groups in total. The maximum Gasteiger partial charge on any atom is 0.255 e. The van der Waals surface area contributed by atoms with E-state index < -0.39 is 58.0 Å². The van der Waals surface area contributed by atoms with Crippen molar-refractivity contribution in [3.63, 3.8) is 0 Å². The Kier molecular flexibility index (Phi) is 6.49. The van der Waals surface area contributed by atoms with Crippen molar-refractivity contribution in [1.82, 2.24) is 9.80 Å². The van der Waals surface area contributed by atoms with Crippen LogP contribution in [0.15, 0.2) is 28.7 Å². The molecule has 0 radical (unpaired) electrons. The minimum absolute atomic E-state index is 0.00630. The smallest absolute Gasteiger partial charge is 0.255 e. The van der Waals surface area contributed by atoms with Crippen molar-refractivity contribution in [2.24, 2.45) is 17.6 Å². The first-order valence-corrected chi connectivity index (χ1v) is 12.7. The maximum absolute atomic E-state index is 13.9. The van der Waals surface area contributed by atoms with Gasteiger partial charge in [-0.15, -0.1) is 0 Å². The molecule has 0 spiro atoms. The molecule has 0 saturated carbocycles. The first-order valence-electron chi connectivity index (χ1n) is 12.7. The highest BCUT2D eigenvalue weighted by Gasteiger charge is 2.63. The van der Waals surface area contributed by atoms with Gasteiger partial charge in [0.1, 0.15) is 28.6 Å². The number of carbonyl (C=O) groups excluding carboxylic acids is 3. The van der Waals surface area contributed by atoms with Crippen LogP contribution in [0.3, 0.4) is 0 Å². The molecule has 210 valence electrons. The van der Waals surface area contributed by atoms with E-state index in [0.29, 0.717) is 36.6 Å². The second kappa shape index (κ2) is 9.33. The molecule has 12 heteroatoms. The zero-order valence-corrected chi connectivity index (χ0v) is 22.2. The molecule has 1 saturated heterocycles. The van der Waals surface area contributed by atoms with Crippen LogP contribution in [0.2, 0.25) is 0 Å². The number of hydrogen-bond donors (Lipinski definition) is 5. The number of aliphatic hydroxyl groups is 3. The summed E-state index contributed by atoms with van der Waals surface area (Å²) in [6.07, 6.45) is 0.156. The molecule has 5 rings (SSSR count). The molecular weight excluding hydrogens is 510 g/mol. The van der Waals surface area contributed by atoms with Crippen LogP contribution >= 0.6 is 0 Å². The van der Waals surface area contributed by atoms with Gasteiger partial charge in [0.25, 0.3) is 5.91 Å². The molecule has 1 aromatic carbocycles. The number of benzene rings is 1. The highest BCUT2D eigenvalue weighted by Crippen LogP contribution is 2.54. The molecule has 0 aromatic heterocycles. The summed E-state index contributed by atoms with van der Waals surface area (Å²) >= 11 is 0. The molecule has 1 fully saturated rings. The number of carbonyl (C=O) groups is 3. The minimum Gasteiger partial charge on any atom is -0.510 e. The normalized spacial score (nSPS) is 31.2. The number of Topliss-reactive ketones (excluding diaryl/α,β-unsaturated/α-hetero) is 2. The summed E-state index contributed by atoms with van der Waals surface area (Å²) in [4.78, 5) is 42.9. The van der Waals surface area contributed by atoms with Crippen LogP contribution in [0.25, 0.3) is 0 Å². The standard InChI is InChI=1S/C27H33N3O9/c1-29(2)20-14-8-11-7-13-18(16(31)9-12(23(13)38-4)15-10-39-6-5-30(15)3)21(32)17(11)24(34)27(14,37)25(35)19(22(20)33)26(28)36/h9,11,14-15,20,31,33-34,37H,5-8,10H2,1-4H3,(H2,28,36)/t11-,14-,15?,20-,27-/m0/s1. The summed E-state index contributed by atoms with van der Waals surface area (Å²) in [6, 6.07) is 0.166. The fourth-order valence-electron chi connectivity index (χ4n) is 6.83. The predicted octanol–water partition coefficient (Wildman–Crippen LogP) is 0.132. The van der Waals surface area contributed by atoms with Gasteiger partial charge in [0, 0.05) is 29.2 Å². The van der Waals surface area contributed by atoms with E-state index in [2.05, 4.69) is 4.90 Å². The summed E-state index contributed by atoms with van der Waals surface area (Å²) in [6.45, 7) is 1.59. The molecule has 1 unspecified atom stereocenters. The topological polar surface area (TPSA) is 183 Å². The van der Waals surface area contributed by atoms with Gasteiger partial charge >= 0.3 is 0 Å². The Labute approximate surface area is 224 Å². The van der Waals surface area contributed by atoms with Gasteiger partial charge in [-0.3, -0.25) is 24.2 Å². The van der Waals surface area contributed by atoms with Crippen molar-refractivity contribution in [3.8, 4) is 11.5 Å². The lowest BCUT2D eigenvalue weighted by molar-refractivity contribution is -0.148. The van der Waals surface area contributed by atoms with Crippen molar-refractivity contribution in [2.45, 2.75) is 30.5 Å². The number of allylic oxidation sites excluding steroid dienone is 1. The zero-order chi connectivity index (χ0) is 28.5. The summed E-state index contributed by atoms with van der Waals surface area (Å²) < 4.78 is 11.4. The van der Waals surface area contributed by atoms with E-state index in [4.69, 9.17) is 15.2 Å². The van der Waals surface area contributed by atoms with Crippen molar-refractivity contribution in [3.05, 3.63) is 45.4 Å². The molecule has 1 aliphatic heterocycles. The van der Waals surface area contributed by atoms with Gasteiger partial charge in [-0.05, 0) is 46.0 Å². The minimum atomic E-state index is -2.67. The first kappa shape index (κ1) is 27.1. The Balaban J connectivity index is 1.69. The van der Waals surface area contributed by atoms with Crippen molar-refractivity contribution >= 4 is 17.5 Å². The van der Waals surface area contributed by atoms with Crippen LogP contribution in [0, 0.1) is 11.8 Å². The Morgan fingerprint density at radius 3 is 2.54 bits per heavy atom. The van der Waals surface area contributed by atoms with E-state index in [1.54, 1.807) is 14.1 Å². The average molecular weight is 544 g/mol. The molecule has 0 bridgehead atoms. The lowest BCUT2D eigenvalue weighted by Crippen LogP contribution is -2.63. The monoisotopic (exact) mass is 543 g/mol. The number of amides is 1. The number of rotatable bonds is 4. The van der Waals surface area contributed by atoms with Gasteiger partial charge in [0.15, 0.2) is 11.4 Å². The van der Waals surface area contributed by atoms with Gasteiger partial charge in [0.05, 0.1) is 38.0 Å². The van der Waals surface area contributed by atoms with Gasteiger partial charge in [-0.25, -0.2) is 0 Å². The second-order valence-corrected chi connectivity index (χ2v) is 10.9. The molecule has 39 heavy (non-hydrogen) atoms. The predicted molar refractivity (Wildman–Crippen MR) is 136 cm³/mol. The number of nitrogens with two attached hydrogens (primary N) is 1.